The van der Waals surface area contributed by atoms with Crippen LogP contribution in [0.3, 0.4) is 0 Å². The Morgan fingerprint density at radius 1 is 1.25 bits per heavy atom. The Bertz CT molecular complexity index is 959. The Labute approximate surface area is 168 Å². The third-order valence-electron chi connectivity index (χ3n) is 4.62. The predicted molar refractivity (Wildman–Crippen MR) is 109 cm³/mol. The molecule has 1 saturated heterocycles. The molecule has 9 heteroatoms. The number of allylic oxidation sites excluding steroid dienone is 1. The van der Waals surface area contributed by atoms with Crippen LogP contribution in [0.4, 0.5) is 5.13 Å². The van der Waals surface area contributed by atoms with Crippen molar-refractivity contribution < 1.29 is 18.0 Å². The van der Waals surface area contributed by atoms with Gasteiger partial charge >= 0.3 is 0 Å². The zero-order valence-corrected chi connectivity index (χ0v) is 17.0. The third kappa shape index (κ3) is 5.05. The van der Waals surface area contributed by atoms with Gasteiger partial charge in [-0.05, 0) is 36.5 Å². The van der Waals surface area contributed by atoms with Gasteiger partial charge in [0, 0.05) is 36.5 Å². The number of piperidine rings is 1. The lowest BCUT2D eigenvalue weighted by molar-refractivity contribution is -0.119. The van der Waals surface area contributed by atoms with Crippen LogP contribution in [0.2, 0.25) is 0 Å². The van der Waals surface area contributed by atoms with E-state index in [1.54, 1.807) is 28.6 Å². The minimum Gasteiger partial charge on any atom is -0.345 e. The maximum Gasteiger partial charge on any atom is 0.257 e. The molecule has 2 amide bonds. The molecular formula is C19H21N3O4S2. The summed E-state index contributed by atoms with van der Waals surface area (Å²) in [6.07, 6.45) is 7.07. The lowest BCUT2D eigenvalue weighted by atomic mass is 9.92. The molecule has 148 valence electrons. The summed E-state index contributed by atoms with van der Waals surface area (Å²) in [6.45, 7) is 1.30. The fourth-order valence-corrected chi connectivity index (χ4v) is 4.22. The van der Waals surface area contributed by atoms with Gasteiger partial charge in [0.15, 0.2) is 15.0 Å². The van der Waals surface area contributed by atoms with Crippen molar-refractivity contribution >= 4 is 44.2 Å². The summed E-state index contributed by atoms with van der Waals surface area (Å²) in [5.41, 5.74) is 1.11. The summed E-state index contributed by atoms with van der Waals surface area (Å²) in [6, 6.07) is 6.29. The Balaban J connectivity index is 1.88. The van der Waals surface area contributed by atoms with Crippen molar-refractivity contribution in [1.82, 2.24) is 9.88 Å². The number of hydrogen-bond donors (Lipinski definition) is 1. The third-order valence-corrected chi connectivity index (χ3v) is 6.43. The van der Waals surface area contributed by atoms with E-state index in [4.69, 9.17) is 0 Å². The molecule has 1 fully saturated rings. The average Bonchev–Trinajstić information content (AvgIpc) is 3.19. The van der Waals surface area contributed by atoms with Crippen LogP contribution in [-0.2, 0) is 19.4 Å². The number of aromatic nitrogens is 1. The number of benzene rings is 1. The fraction of sp³-hybridized carbons (Fsp3) is 0.316. The zero-order chi connectivity index (χ0) is 20.1. The van der Waals surface area contributed by atoms with E-state index in [0.29, 0.717) is 29.4 Å². The quantitative estimate of drug-likeness (QED) is 0.573. The van der Waals surface area contributed by atoms with Crippen molar-refractivity contribution in [1.29, 1.82) is 0 Å². The molecule has 1 aromatic heterocycles. The summed E-state index contributed by atoms with van der Waals surface area (Å²) in [7, 11) is -3.31. The highest BCUT2D eigenvalue weighted by Gasteiger charge is 2.21. The highest BCUT2D eigenvalue weighted by molar-refractivity contribution is 7.90. The number of likely N-dealkylation sites (tertiary alicyclic amines) is 1. The molecule has 28 heavy (non-hydrogen) atoms. The molecule has 0 bridgehead atoms. The maximum atomic E-state index is 12.9. The van der Waals surface area contributed by atoms with Crippen molar-refractivity contribution in [3.8, 4) is 0 Å². The topological polar surface area (TPSA) is 96.4 Å². The number of carbonyl (C=O) groups is 2. The molecule has 1 aliphatic rings. The SMILES string of the molecule is CS(=O)(=O)c1ccc(C(=CC2CCN(C=O)CC2)C(=O)Nc2nccs2)cc1. The average molecular weight is 420 g/mol. The number of rotatable bonds is 6. The van der Waals surface area contributed by atoms with E-state index in [1.807, 2.05) is 6.08 Å². The Morgan fingerprint density at radius 2 is 1.93 bits per heavy atom. The summed E-state index contributed by atoms with van der Waals surface area (Å²) < 4.78 is 23.4. The minimum atomic E-state index is -3.31. The molecule has 2 heterocycles. The van der Waals surface area contributed by atoms with Gasteiger partial charge in [0.1, 0.15) is 0 Å². The molecule has 2 aromatic rings. The van der Waals surface area contributed by atoms with Gasteiger partial charge in [-0.2, -0.15) is 0 Å². The molecule has 0 radical (unpaired) electrons. The van der Waals surface area contributed by atoms with Crippen LogP contribution in [0.15, 0.2) is 46.8 Å². The molecule has 1 N–H and O–H groups in total. The van der Waals surface area contributed by atoms with Crippen LogP contribution >= 0.6 is 11.3 Å². The van der Waals surface area contributed by atoms with Crippen LogP contribution in [0, 0.1) is 5.92 Å². The predicted octanol–water partition coefficient (Wildman–Crippen LogP) is 2.44. The van der Waals surface area contributed by atoms with Gasteiger partial charge < -0.3 is 4.90 Å². The van der Waals surface area contributed by atoms with Crippen molar-refractivity contribution in [2.75, 3.05) is 24.7 Å². The first kappa shape index (κ1) is 20.2. The summed E-state index contributed by atoms with van der Waals surface area (Å²) in [4.78, 5) is 29.8. The van der Waals surface area contributed by atoms with Crippen LogP contribution in [0.25, 0.3) is 5.57 Å². The molecule has 0 atom stereocenters. The first-order valence-corrected chi connectivity index (χ1v) is 11.6. The highest BCUT2D eigenvalue weighted by atomic mass is 32.2. The molecule has 3 rings (SSSR count). The molecule has 0 saturated carbocycles. The van der Waals surface area contributed by atoms with Gasteiger partial charge in [-0.25, -0.2) is 13.4 Å². The number of hydrogen-bond acceptors (Lipinski definition) is 6. The second kappa shape index (κ2) is 8.66. The van der Waals surface area contributed by atoms with Crippen molar-refractivity contribution in [2.45, 2.75) is 17.7 Å². The van der Waals surface area contributed by atoms with Gasteiger partial charge in [0.25, 0.3) is 5.91 Å². The Hall–Kier alpha value is -2.52. The molecule has 7 nitrogen and oxygen atoms in total. The largest absolute Gasteiger partial charge is 0.345 e. The van der Waals surface area contributed by atoms with Gasteiger partial charge in [-0.1, -0.05) is 18.2 Å². The molecule has 1 aliphatic heterocycles. The van der Waals surface area contributed by atoms with E-state index < -0.39 is 9.84 Å². The lowest BCUT2D eigenvalue weighted by Crippen LogP contribution is -2.32. The highest BCUT2D eigenvalue weighted by Crippen LogP contribution is 2.26. The molecule has 1 aromatic carbocycles. The van der Waals surface area contributed by atoms with E-state index in [9.17, 15) is 18.0 Å². The van der Waals surface area contributed by atoms with Crippen LogP contribution in [0.5, 0.6) is 0 Å². The first-order valence-electron chi connectivity index (χ1n) is 8.79. The number of amides is 2. The van der Waals surface area contributed by atoms with Crippen molar-refractivity contribution in [3.63, 3.8) is 0 Å². The number of anilines is 1. The lowest BCUT2D eigenvalue weighted by Gasteiger charge is -2.28. The van der Waals surface area contributed by atoms with Crippen LogP contribution in [0.1, 0.15) is 18.4 Å². The summed E-state index contributed by atoms with van der Waals surface area (Å²) in [5.74, 6) is -0.136. The Kier molecular flexibility index (Phi) is 6.25. The molecule has 0 spiro atoms. The molecule has 0 aliphatic carbocycles. The molecular weight excluding hydrogens is 398 g/mol. The summed E-state index contributed by atoms with van der Waals surface area (Å²) in [5, 5.41) is 5.06. The normalized spacial score (nSPS) is 16.0. The maximum absolute atomic E-state index is 12.9. The minimum absolute atomic E-state index is 0.155. The number of thiazole rings is 1. The van der Waals surface area contributed by atoms with Gasteiger partial charge in [-0.15, -0.1) is 11.3 Å². The van der Waals surface area contributed by atoms with E-state index in [1.165, 1.54) is 23.5 Å². The zero-order valence-electron chi connectivity index (χ0n) is 15.4. The van der Waals surface area contributed by atoms with E-state index >= 15 is 0 Å². The van der Waals surface area contributed by atoms with E-state index in [0.717, 1.165) is 25.5 Å². The van der Waals surface area contributed by atoms with Crippen molar-refractivity contribution in [3.05, 3.63) is 47.5 Å². The van der Waals surface area contributed by atoms with E-state index in [-0.39, 0.29) is 16.7 Å². The number of sulfone groups is 1. The summed E-state index contributed by atoms with van der Waals surface area (Å²) >= 11 is 1.32. The second-order valence-corrected chi connectivity index (χ2v) is 9.56. The monoisotopic (exact) mass is 419 g/mol. The van der Waals surface area contributed by atoms with Crippen LogP contribution < -0.4 is 5.32 Å². The smallest absolute Gasteiger partial charge is 0.257 e. The van der Waals surface area contributed by atoms with E-state index in [2.05, 4.69) is 10.3 Å². The standard InChI is InChI=1S/C19H21N3O4S2/c1-28(25,26)16-4-2-15(3-5-16)17(18(24)21-19-20-8-11-27-19)12-14-6-9-22(13-23)10-7-14/h2-5,8,11-14H,6-7,9-10H2,1H3,(H,20,21,24). The van der Waals surface area contributed by atoms with Gasteiger partial charge in [0.2, 0.25) is 6.41 Å². The van der Waals surface area contributed by atoms with Crippen molar-refractivity contribution in [2.24, 2.45) is 5.92 Å². The molecule has 0 unspecified atom stereocenters. The Morgan fingerprint density at radius 3 is 2.46 bits per heavy atom. The second-order valence-electron chi connectivity index (χ2n) is 6.65. The number of carbonyl (C=O) groups excluding carboxylic acids is 2. The first-order chi connectivity index (χ1) is 13.4. The van der Waals surface area contributed by atoms with Gasteiger partial charge in [-0.3, -0.25) is 14.9 Å². The van der Waals surface area contributed by atoms with Crippen LogP contribution in [-0.4, -0.2) is 50.0 Å². The number of nitrogens with one attached hydrogen (secondary N) is 1. The van der Waals surface area contributed by atoms with Gasteiger partial charge in [0.05, 0.1) is 4.90 Å². The fourth-order valence-electron chi connectivity index (χ4n) is 3.06. The number of nitrogens with zero attached hydrogens (tertiary/aromatic N) is 2.